The Balaban J connectivity index is 2.11. The molecule has 0 unspecified atom stereocenters. The number of rotatable bonds is 4. The van der Waals surface area contributed by atoms with Gasteiger partial charge in [-0.05, 0) is 12.1 Å². The Kier molecular flexibility index (Phi) is 5.34. The summed E-state index contributed by atoms with van der Waals surface area (Å²) in [6.07, 6.45) is -4.43. The van der Waals surface area contributed by atoms with Crippen molar-refractivity contribution in [2.45, 2.75) is 19.5 Å². The standard InChI is InChI=1S/C16H17F3N2O4/c1-2-13(22)9-4-3-5-10(6-9)20-15(25)21-7-11(14(23)24)12(8-21)16(17,18)19/h3-6,11-12H,2,7-8H2,1H3,(H,20,25)(H,23,24)/t11-,12-/m1/s1. The molecule has 0 spiro atoms. The molecule has 2 rings (SSSR count). The van der Waals surface area contributed by atoms with Gasteiger partial charge in [0.25, 0.3) is 0 Å². The fourth-order valence-corrected chi connectivity index (χ4v) is 2.73. The average molecular weight is 358 g/mol. The van der Waals surface area contributed by atoms with Crippen LogP contribution in [0.3, 0.4) is 0 Å². The molecule has 0 aromatic heterocycles. The number of benzene rings is 1. The summed E-state index contributed by atoms with van der Waals surface area (Å²) in [5.41, 5.74) is 0.630. The largest absolute Gasteiger partial charge is 0.481 e. The van der Waals surface area contributed by atoms with E-state index in [4.69, 9.17) is 5.11 Å². The highest BCUT2D eigenvalue weighted by Crippen LogP contribution is 2.37. The number of amides is 2. The van der Waals surface area contributed by atoms with Crippen molar-refractivity contribution in [2.24, 2.45) is 11.8 Å². The number of Topliss-reactive ketones (excluding diaryl/α,β-unsaturated/α-hetero) is 1. The van der Waals surface area contributed by atoms with E-state index in [-0.39, 0.29) is 17.9 Å². The second-order valence-electron chi connectivity index (χ2n) is 5.79. The van der Waals surface area contributed by atoms with E-state index in [2.05, 4.69) is 5.32 Å². The molecule has 136 valence electrons. The number of halogens is 3. The summed E-state index contributed by atoms with van der Waals surface area (Å²) < 4.78 is 38.9. The summed E-state index contributed by atoms with van der Waals surface area (Å²) in [5.74, 6) is -5.53. The molecule has 25 heavy (non-hydrogen) atoms. The van der Waals surface area contributed by atoms with Gasteiger partial charge in [-0.2, -0.15) is 13.2 Å². The second-order valence-corrected chi connectivity index (χ2v) is 5.79. The minimum absolute atomic E-state index is 0.139. The first-order valence-electron chi connectivity index (χ1n) is 7.62. The van der Waals surface area contributed by atoms with Crippen LogP contribution in [0.1, 0.15) is 23.7 Å². The highest BCUT2D eigenvalue weighted by Gasteiger charge is 2.53. The van der Waals surface area contributed by atoms with Gasteiger partial charge in [-0.1, -0.05) is 19.1 Å². The van der Waals surface area contributed by atoms with Crippen molar-refractivity contribution in [1.82, 2.24) is 4.90 Å². The van der Waals surface area contributed by atoms with Gasteiger partial charge in [0.15, 0.2) is 5.78 Å². The molecule has 1 heterocycles. The van der Waals surface area contributed by atoms with Gasteiger partial charge in [0.2, 0.25) is 0 Å². The molecule has 1 aromatic rings. The van der Waals surface area contributed by atoms with Crippen molar-refractivity contribution in [3.8, 4) is 0 Å². The molecule has 6 nitrogen and oxygen atoms in total. The molecule has 1 aliphatic rings. The van der Waals surface area contributed by atoms with Crippen LogP contribution < -0.4 is 5.32 Å². The first-order valence-corrected chi connectivity index (χ1v) is 7.62. The number of aliphatic carboxylic acids is 1. The number of anilines is 1. The van der Waals surface area contributed by atoms with Gasteiger partial charge in [-0.25, -0.2) is 4.79 Å². The first kappa shape index (κ1) is 18.8. The fraction of sp³-hybridized carbons (Fsp3) is 0.438. The second kappa shape index (κ2) is 7.12. The number of nitrogens with one attached hydrogen (secondary N) is 1. The van der Waals surface area contributed by atoms with Crippen LogP contribution in [0, 0.1) is 11.8 Å². The zero-order chi connectivity index (χ0) is 18.8. The van der Waals surface area contributed by atoms with Crippen molar-refractivity contribution in [3.05, 3.63) is 29.8 Å². The van der Waals surface area contributed by atoms with Crippen LogP contribution in [0.4, 0.5) is 23.7 Å². The molecule has 2 atom stereocenters. The van der Waals surface area contributed by atoms with Gasteiger partial charge in [0, 0.05) is 30.8 Å². The third-order valence-corrected chi connectivity index (χ3v) is 4.10. The number of nitrogens with zero attached hydrogens (tertiary/aromatic N) is 1. The van der Waals surface area contributed by atoms with Gasteiger partial charge >= 0.3 is 18.2 Å². The highest BCUT2D eigenvalue weighted by molar-refractivity contribution is 5.98. The molecule has 1 aromatic carbocycles. The Labute approximate surface area is 141 Å². The quantitative estimate of drug-likeness (QED) is 0.810. The maximum Gasteiger partial charge on any atom is 0.394 e. The van der Waals surface area contributed by atoms with E-state index in [9.17, 15) is 27.6 Å². The monoisotopic (exact) mass is 358 g/mol. The normalized spacial score (nSPS) is 20.4. The first-order chi connectivity index (χ1) is 11.6. The number of carbonyl (C=O) groups excluding carboxylic acids is 2. The Morgan fingerprint density at radius 3 is 2.48 bits per heavy atom. The molecule has 0 saturated carbocycles. The number of hydrogen-bond acceptors (Lipinski definition) is 3. The Hall–Kier alpha value is -2.58. The van der Waals surface area contributed by atoms with Crippen LogP contribution in [0.15, 0.2) is 24.3 Å². The number of carboxylic acid groups (broad SMARTS) is 1. The molecular formula is C16H17F3N2O4. The van der Waals surface area contributed by atoms with E-state index in [1.54, 1.807) is 19.1 Å². The number of ketones is 1. The molecule has 0 radical (unpaired) electrons. The van der Waals surface area contributed by atoms with Crippen molar-refractivity contribution in [1.29, 1.82) is 0 Å². The van der Waals surface area contributed by atoms with Gasteiger partial charge < -0.3 is 15.3 Å². The third kappa shape index (κ3) is 4.28. The minimum atomic E-state index is -4.70. The summed E-state index contributed by atoms with van der Waals surface area (Å²) >= 11 is 0. The van der Waals surface area contributed by atoms with Gasteiger partial charge in [0.1, 0.15) is 0 Å². The van der Waals surface area contributed by atoms with Gasteiger partial charge in [0.05, 0.1) is 11.8 Å². The predicted octanol–water partition coefficient (Wildman–Crippen LogP) is 3.01. The maximum atomic E-state index is 13.0. The fourth-order valence-electron chi connectivity index (χ4n) is 2.73. The Morgan fingerprint density at radius 2 is 1.96 bits per heavy atom. The van der Waals surface area contributed by atoms with E-state index in [0.29, 0.717) is 5.56 Å². The van der Waals surface area contributed by atoms with Crippen LogP contribution in [-0.2, 0) is 4.79 Å². The number of carboxylic acids is 1. The molecular weight excluding hydrogens is 341 g/mol. The molecule has 0 aliphatic carbocycles. The van der Waals surface area contributed by atoms with Gasteiger partial charge in [-0.3, -0.25) is 9.59 Å². The number of urea groups is 1. The zero-order valence-electron chi connectivity index (χ0n) is 13.3. The van der Waals surface area contributed by atoms with Crippen LogP contribution in [-0.4, -0.2) is 47.1 Å². The smallest absolute Gasteiger partial charge is 0.394 e. The Bertz CT molecular complexity index is 690. The molecule has 2 amide bonds. The molecule has 2 N–H and O–H groups in total. The van der Waals surface area contributed by atoms with Crippen molar-refractivity contribution >= 4 is 23.5 Å². The average Bonchev–Trinajstić information content (AvgIpc) is 3.00. The van der Waals surface area contributed by atoms with Crippen molar-refractivity contribution in [2.75, 3.05) is 18.4 Å². The number of carbonyl (C=O) groups is 3. The SMILES string of the molecule is CCC(=O)c1cccc(NC(=O)N2C[C@@H](C(F)(F)F)[C@H](C(=O)O)C2)c1. The lowest BCUT2D eigenvalue weighted by Crippen LogP contribution is -2.35. The lowest BCUT2D eigenvalue weighted by atomic mass is 9.96. The van der Waals surface area contributed by atoms with Crippen LogP contribution >= 0.6 is 0 Å². The highest BCUT2D eigenvalue weighted by atomic mass is 19.4. The molecule has 1 saturated heterocycles. The third-order valence-electron chi connectivity index (χ3n) is 4.10. The zero-order valence-corrected chi connectivity index (χ0v) is 13.3. The van der Waals surface area contributed by atoms with E-state index < -0.39 is 43.1 Å². The predicted molar refractivity (Wildman–Crippen MR) is 82.3 cm³/mol. The van der Waals surface area contributed by atoms with Crippen LogP contribution in [0.25, 0.3) is 0 Å². The number of alkyl halides is 3. The summed E-state index contributed by atoms with van der Waals surface area (Å²) in [7, 11) is 0. The summed E-state index contributed by atoms with van der Waals surface area (Å²) in [5, 5.41) is 11.4. The molecule has 1 aliphatic heterocycles. The van der Waals surface area contributed by atoms with Crippen molar-refractivity contribution in [3.63, 3.8) is 0 Å². The summed E-state index contributed by atoms with van der Waals surface area (Å²) in [4.78, 5) is 35.7. The molecule has 0 bridgehead atoms. The lowest BCUT2D eigenvalue weighted by Gasteiger charge is -2.19. The number of hydrogen-bond donors (Lipinski definition) is 2. The maximum absolute atomic E-state index is 13.0. The Morgan fingerprint density at radius 1 is 1.28 bits per heavy atom. The summed E-state index contributed by atoms with van der Waals surface area (Å²) in [6, 6.07) is 5.20. The van der Waals surface area contributed by atoms with E-state index in [1.807, 2.05) is 0 Å². The van der Waals surface area contributed by atoms with Gasteiger partial charge in [-0.15, -0.1) is 0 Å². The number of likely N-dealkylation sites (tertiary alicyclic amines) is 1. The topological polar surface area (TPSA) is 86.7 Å². The lowest BCUT2D eigenvalue weighted by molar-refractivity contribution is -0.187. The molecule has 9 heteroatoms. The van der Waals surface area contributed by atoms with E-state index in [1.165, 1.54) is 12.1 Å². The van der Waals surface area contributed by atoms with Crippen LogP contribution in [0.2, 0.25) is 0 Å². The summed E-state index contributed by atoms with van der Waals surface area (Å²) in [6.45, 7) is 0.430. The minimum Gasteiger partial charge on any atom is -0.481 e. The van der Waals surface area contributed by atoms with E-state index in [0.717, 1.165) is 4.90 Å². The molecule has 1 fully saturated rings. The van der Waals surface area contributed by atoms with Crippen LogP contribution in [0.5, 0.6) is 0 Å². The van der Waals surface area contributed by atoms with E-state index >= 15 is 0 Å². The van der Waals surface area contributed by atoms with Crippen molar-refractivity contribution < 1.29 is 32.7 Å².